The van der Waals surface area contributed by atoms with Gasteiger partial charge in [0, 0.05) is 0 Å². The molecule has 0 rings (SSSR count). The first kappa shape index (κ1) is 10.4. The normalized spacial score (nSPS) is 9.58. The van der Waals surface area contributed by atoms with Crippen molar-refractivity contribution in [3.63, 3.8) is 0 Å². The number of urea groups is 2. The lowest BCUT2D eigenvalue weighted by Gasteiger charge is -2.25. The van der Waals surface area contributed by atoms with E-state index in [-0.39, 0.29) is 10.3 Å². The van der Waals surface area contributed by atoms with Gasteiger partial charge in [0.25, 0.3) is 0 Å². The van der Waals surface area contributed by atoms with E-state index in [1.165, 1.54) is 5.59 Å². The zero-order valence-corrected chi connectivity index (χ0v) is 5.89. The molecule has 10 nitrogen and oxygen atoms in total. The third-order valence-corrected chi connectivity index (χ3v) is 0.752. The molecule has 0 saturated heterocycles. The number of hydrazine groups is 4. The summed E-state index contributed by atoms with van der Waals surface area (Å²) >= 11 is 0. The molecule has 0 heterocycles. The molecule has 12 heavy (non-hydrogen) atoms. The summed E-state index contributed by atoms with van der Waals surface area (Å²) in [7, 11) is 0. The highest BCUT2D eigenvalue weighted by Gasteiger charge is 2.15. The van der Waals surface area contributed by atoms with Crippen molar-refractivity contribution in [2.75, 3.05) is 0 Å². The highest BCUT2D eigenvalue weighted by molar-refractivity contribution is 5.73. The molecule has 0 saturated carbocycles. The van der Waals surface area contributed by atoms with Crippen LogP contribution in [0.2, 0.25) is 0 Å². The maximum Gasteiger partial charge on any atom is 0.346 e. The number of rotatable bonds is 3. The van der Waals surface area contributed by atoms with Gasteiger partial charge < -0.3 is 11.5 Å². The number of nitrogens with two attached hydrogens (primary N) is 3. The third-order valence-electron chi connectivity index (χ3n) is 0.752. The van der Waals surface area contributed by atoms with Crippen LogP contribution in [-0.2, 0) is 0 Å². The van der Waals surface area contributed by atoms with Crippen LogP contribution in [0.4, 0.5) is 9.59 Å². The smallest absolute Gasteiger partial charge is 0.346 e. The highest BCUT2D eigenvalue weighted by Crippen LogP contribution is 1.79. The summed E-state index contributed by atoms with van der Waals surface area (Å²) in [5.41, 5.74) is 12.4. The van der Waals surface area contributed by atoms with Gasteiger partial charge >= 0.3 is 12.1 Å². The number of nitrogens with zero attached hydrogens (tertiary/aromatic N) is 2. The molecule has 0 aromatic carbocycles. The zero-order chi connectivity index (χ0) is 9.72. The summed E-state index contributed by atoms with van der Waals surface area (Å²) < 4.78 is 0. The molecule has 10 heteroatoms. The van der Waals surface area contributed by atoms with Gasteiger partial charge in [-0.15, -0.1) is 0 Å². The Labute approximate surface area is 66.7 Å². The van der Waals surface area contributed by atoms with Crippen molar-refractivity contribution in [1.82, 2.24) is 21.4 Å². The molecule has 0 radical (unpaired) electrons. The molecule has 0 unspecified atom stereocenters. The van der Waals surface area contributed by atoms with Crippen LogP contribution in [0.1, 0.15) is 0 Å². The predicted molar refractivity (Wildman–Crippen MR) is 35.1 cm³/mol. The minimum absolute atomic E-state index is 0.185. The van der Waals surface area contributed by atoms with E-state index in [2.05, 4.69) is 11.5 Å². The van der Waals surface area contributed by atoms with Gasteiger partial charge in [-0.1, -0.05) is 5.59 Å². The van der Waals surface area contributed by atoms with Crippen LogP contribution in [-0.4, -0.2) is 27.6 Å². The van der Waals surface area contributed by atoms with Crippen LogP contribution in [0.25, 0.3) is 0 Å². The Balaban J connectivity index is 4.14. The lowest BCUT2D eigenvalue weighted by atomic mass is 11.1. The summed E-state index contributed by atoms with van der Waals surface area (Å²) in [6.07, 6.45) is 0. The van der Waals surface area contributed by atoms with Crippen LogP contribution in [0.3, 0.4) is 0 Å². The van der Waals surface area contributed by atoms with Crippen LogP contribution in [0.5, 0.6) is 0 Å². The minimum Gasteiger partial charge on any atom is -0.350 e. The number of hydrogen-bond acceptors (Lipinski definition) is 6. The number of hydrogen-bond donors (Lipinski definition) is 6. The molecule has 0 aliphatic heterocycles. The summed E-state index contributed by atoms with van der Waals surface area (Å²) in [6, 6.07) is -2.17. The Morgan fingerprint density at radius 3 is 2.08 bits per heavy atom. The molecule has 9 N–H and O–H groups in total. The number of primary amides is 2. The second kappa shape index (κ2) is 4.30. The average molecular weight is 179 g/mol. The molecule has 0 aliphatic carbocycles. The molecule has 70 valence electrons. The summed E-state index contributed by atoms with van der Waals surface area (Å²) in [4.78, 5) is 20.5. The van der Waals surface area contributed by atoms with Crippen LogP contribution >= 0.6 is 0 Å². The number of nitrogens with one attached hydrogen (secondary N) is 2. The minimum atomic E-state index is -1.12. The standard InChI is InChI=1S/C2H9N7O3/c3-1(10)6-9(7-12)8(5)2(4)11/h7,12H,5H2,(H2,4,11)(H3,3,6,10). The zero-order valence-electron chi connectivity index (χ0n) is 5.89. The molecule has 0 bridgehead atoms. The second-order valence-corrected chi connectivity index (χ2v) is 1.57. The topological polar surface area (TPSA) is 163 Å². The Morgan fingerprint density at radius 1 is 1.33 bits per heavy atom. The molecule has 4 amide bonds. The first-order chi connectivity index (χ1) is 5.49. The average Bonchev–Trinajstić information content (AvgIpc) is 1.98. The van der Waals surface area contributed by atoms with Crippen LogP contribution in [0.15, 0.2) is 0 Å². The van der Waals surface area contributed by atoms with Crippen molar-refractivity contribution in [1.29, 1.82) is 0 Å². The lowest BCUT2D eigenvalue weighted by molar-refractivity contribution is -0.158. The molecule has 0 fully saturated rings. The first-order valence-corrected chi connectivity index (χ1v) is 2.59. The number of carbonyl (C=O) groups is 2. The molecule has 0 atom stereocenters. The Kier molecular flexibility index (Phi) is 3.72. The fraction of sp³-hybridized carbons (Fsp3) is 0. The molecular weight excluding hydrogens is 170 g/mol. The monoisotopic (exact) mass is 179 g/mol. The van der Waals surface area contributed by atoms with Crippen LogP contribution in [0, 0.1) is 0 Å². The Hall–Kier alpha value is -1.62. The van der Waals surface area contributed by atoms with E-state index in [9.17, 15) is 9.59 Å². The first-order valence-electron chi connectivity index (χ1n) is 2.59. The van der Waals surface area contributed by atoms with E-state index in [1.54, 1.807) is 5.43 Å². The maximum atomic E-state index is 10.3. The van der Waals surface area contributed by atoms with Gasteiger partial charge in [0.1, 0.15) is 0 Å². The predicted octanol–water partition coefficient (Wildman–Crippen LogP) is -3.07. The number of carbonyl (C=O) groups excluding carboxylic acids is 2. The van der Waals surface area contributed by atoms with Crippen molar-refractivity contribution < 1.29 is 14.8 Å². The number of amides is 4. The highest BCUT2D eigenvalue weighted by atomic mass is 16.5. The van der Waals surface area contributed by atoms with Gasteiger partial charge in [-0.2, -0.15) is 5.12 Å². The molecular formula is C2H9N7O3. The van der Waals surface area contributed by atoms with Gasteiger partial charge in [0.2, 0.25) is 0 Å². The molecule has 0 spiro atoms. The summed E-state index contributed by atoms with van der Waals surface area (Å²) in [5.74, 6) is 4.91. The van der Waals surface area contributed by atoms with Gasteiger partial charge in [-0.3, -0.25) is 5.21 Å². The van der Waals surface area contributed by atoms with E-state index in [0.29, 0.717) is 0 Å². The largest absolute Gasteiger partial charge is 0.350 e. The molecule has 0 aromatic heterocycles. The van der Waals surface area contributed by atoms with E-state index in [1.807, 2.05) is 0 Å². The van der Waals surface area contributed by atoms with Crippen molar-refractivity contribution in [3.05, 3.63) is 0 Å². The Bertz CT molecular complexity index is 181. The summed E-state index contributed by atoms with van der Waals surface area (Å²) in [5, 5.41) is 8.74. The lowest BCUT2D eigenvalue weighted by Crippen LogP contribution is -2.65. The fourth-order valence-electron chi connectivity index (χ4n) is 0.330. The van der Waals surface area contributed by atoms with Gasteiger partial charge in [0.15, 0.2) is 0 Å². The van der Waals surface area contributed by atoms with E-state index >= 15 is 0 Å². The fourth-order valence-corrected chi connectivity index (χ4v) is 0.330. The molecule has 0 aliphatic rings. The van der Waals surface area contributed by atoms with Gasteiger partial charge in [0.05, 0.1) is 0 Å². The van der Waals surface area contributed by atoms with Crippen LogP contribution < -0.4 is 28.3 Å². The van der Waals surface area contributed by atoms with Gasteiger partial charge in [-0.25, -0.2) is 20.9 Å². The maximum absolute atomic E-state index is 10.3. The quantitative estimate of drug-likeness (QED) is 0.153. The molecule has 0 aromatic rings. The Morgan fingerprint density at radius 2 is 1.83 bits per heavy atom. The van der Waals surface area contributed by atoms with Crippen molar-refractivity contribution in [3.8, 4) is 0 Å². The van der Waals surface area contributed by atoms with Crippen molar-refractivity contribution >= 4 is 12.1 Å². The van der Waals surface area contributed by atoms with Crippen molar-refractivity contribution in [2.45, 2.75) is 0 Å². The third kappa shape index (κ3) is 2.98. The van der Waals surface area contributed by atoms with E-state index in [4.69, 9.17) is 11.0 Å². The van der Waals surface area contributed by atoms with E-state index in [0.717, 1.165) is 0 Å². The SMILES string of the molecule is NC(=O)NN(NO)N(N)C(N)=O. The summed E-state index contributed by atoms with van der Waals surface area (Å²) in [6.45, 7) is 0. The van der Waals surface area contributed by atoms with Crippen molar-refractivity contribution in [2.24, 2.45) is 17.3 Å². The van der Waals surface area contributed by atoms with E-state index < -0.39 is 12.1 Å². The van der Waals surface area contributed by atoms with Gasteiger partial charge in [-0.05, 0) is 5.23 Å². The second-order valence-electron chi connectivity index (χ2n) is 1.57.